The van der Waals surface area contributed by atoms with Crippen molar-refractivity contribution in [2.75, 3.05) is 20.9 Å². The Kier molecular flexibility index (Phi) is 6.58. The average Bonchev–Trinajstić information content (AvgIpc) is 3.79. The van der Waals surface area contributed by atoms with Gasteiger partial charge in [0.1, 0.15) is 22.7 Å². The molecule has 0 unspecified atom stereocenters. The number of para-hydroxylation sites is 1. The molecule has 0 saturated heterocycles. The predicted molar refractivity (Wildman–Crippen MR) is 153 cm³/mol. The topological polar surface area (TPSA) is 113 Å². The van der Waals surface area contributed by atoms with Crippen LogP contribution in [-0.2, 0) is 20.9 Å². The highest BCUT2D eigenvalue weighted by atomic mass is 19.1. The van der Waals surface area contributed by atoms with Gasteiger partial charge in [0.25, 0.3) is 0 Å². The van der Waals surface area contributed by atoms with E-state index < -0.39 is 23.0 Å². The van der Waals surface area contributed by atoms with Gasteiger partial charge in [-0.15, -0.1) is 0 Å². The predicted octanol–water partition coefficient (Wildman–Crippen LogP) is 5.98. The van der Waals surface area contributed by atoms with E-state index in [9.17, 15) is 18.8 Å². The molecule has 1 aliphatic carbocycles. The Bertz CT molecular complexity index is 1650. The van der Waals surface area contributed by atoms with Crippen LogP contribution in [0.1, 0.15) is 25.3 Å². The molecule has 4 aromatic rings. The molecule has 1 saturated carbocycles. The fourth-order valence-corrected chi connectivity index (χ4v) is 4.75. The molecule has 41 heavy (non-hydrogen) atoms. The molecule has 1 fully saturated rings. The first kappa shape index (κ1) is 26.0. The highest BCUT2D eigenvalue weighted by Gasteiger charge is 2.56. The maximum absolute atomic E-state index is 13.2. The van der Waals surface area contributed by atoms with Gasteiger partial charge in [-0.2, -0.15) is 0 Å². The standard InChI is InChI=1S/C31H26FN5O4/c1-19(38)37-18-20-4-2-3-5-25(20)36-28-27(37)26(14-17-33-28)41-24-12-10-23(11-13-24)35-30(40)31(15-16-31)29(39)34-22-8-6-21(32)7-9-22/h2-14,17H,15-16,18H2,1H3,(H,33,36)(H,34,39)(H,35,40). The molecule has 3 N–H and O–H groups in total. The fraction of sp³-hybridized carbons (Fsp3) is 0.161. The third kappa shape index (κ3) is 5.19. The van der Waals surface area contributed by atoms with Crippen molar-refractivity contribution in [3.05, 3.63) is 96.4 Å². The number of hydrogen-bond donors (Lipinski definition) is 3. The van der Waals surface area contributed by atoms with Crippen molar-refractivity contribution in [2.24, 2.45) is 5.41 Å². The summed E-state index contributed by atoms with van der Waals surface area (Å²) in [6.07, 6.45) is 2.45. The van der Waals surface area contributed by atoms with Gasteiger partial charge in [0.2, 0.25) is 17.7 Å². The molecule has 206 valence electrons. The highest BCUT2D eigenvalue weighted by molar-refractivity contribution is 6.16. The van der Waals surface area contributed by atoms with Crippen molar-refractivity contribution in [1.82, 2.24) is 4.98 Å². The second-order valence-corrected chi connectivity index (χ2v) is 10.0. The van der Waals surface area contributed by atoms with Crippen LogP contribution in [0.25, 0.3) is 0 Å². The van der Waals surface area contributed by atoms with Crippen LogP contribution in [-0.4, -0.2) is 22.7 Å². The second-order valence-electron chi connectivity index (χ2n) is 10.0. The number of anilines is 5. The highest BCUT2D eigenvalue weighted by Crippen LogP contribution is 2.48. The molecule has 9 nitrogen and oxygen atoms in total. The number of benzene rings is 3. The minimum atomic E-state index is -1.17. The largest absolute Gasteiger partial charge is 0.455 e. The van der Waals surface area contributed by atoms with E-state index in [2.05, 4.69) is 20.9 Å². The van der Waals surface area contributed by atoms with Gasteiger partial charge < -0.3 is 25.6 Å². The number of aromatic nitrogens is 1. The Morgan fingerprint density at radius 1 is 0.902 bits per heavy atom. The van der Waals surface area contributed by atoms with Crippen LogP contribution in [0, 0.1) is 11.2 Å². The van der Waals surface area contributed by atoms with Crippen LogP contribution in [0.15, 0.2) is 85.1 Å². The van der Waals surface area contributed by atoms with Crippen LogP contribution < -0.4 is 25.6 Å². The summed E-state index contributed by atoms with van der Waals surface area (Å²) in [7, 11) is 0. The average molecular weight is 552 g/mol. The van der Waals surface area contributed by atoms with Crippen LogP contribution in [0.4, 0.5) is 33.0 Å². The lowest BCUT2D eigenvalue weighted by Crippen LogP contribution is -2.35. The Balaban J connectivity index is 1.17. The molecule has 1 aromatic heterocycles. The Morgan fingerprint density at radius 3 is 2.17 bits per heavy atom. The van der Waals surface area contributed by atoms with E-state index in [1.165, 1.54) is 31.2 Å². The third-order valence-corrected chi connectivity index (χ3v) is 7.20. The SMILES string of the molecule is CC(=O)N1Cc2ccccc2Nc2nccc(Oc3ccc(NC(=O)C4(C(=O)Nc5ccc(F)cc5)CC4)cc3)c21. The van der Waals surface area contributed by atoms with Gasteiger partial charge >= 0.3 is 0 Å². The van der Waals surface area contributed by atoms with Crippen molar-refractivity contribution in [2.45, 2.75) is 26.3 Å². The summed E-state index contributed by atoms with van der Waals surface area (Å²) < 4.78 is 19.4. The number of hydrogen-bond acceptors (Lipinski definition) is 6. The Labute approximate surface area is 235 Å². The molecule has 3 aromatic carbocycles. The lowest BCUT2D eigenvalue weighted by molar-refractivity contribution is -0.131. The first-order chi connectivity index (χ1) is 19.8. The van der Waals surface area contributed by atoms with Crippen LogP contribution in [0.2, 0.25) is 0 Å². The molecule has 0 radical (unpaired) electrons. The normalized spacial score (nSPS) is 14.4. The molecule has 0 bridgehead atoms. The number of halogens is 1. The van der Waals surface area contributed by atoms with Gasteiger partial charge in [-0.1, -0.05) is 18.2 Å². The number of nitrogens with one attached hydrogen (secondary N) is 3. The lowest BCUT2D eigenvalue weighted by atomic mass is 10.0. The van der Waals surface area contributed by atoms with Gasteiger partial charge in [-0.05, 0) is 73.0 Å². The minimum Gasteiger partial charge on any atom is -0.455 e. The molecular weight excluding hydrogens is 525 g/mol. The maximum atomic E-state index is 13.2. The Hall–Kier alpha value is -5.25. The molecule has 6 rings (SSSR count). The molecule has 10 heteroatoms. The fourth-order valence-electron chi connectivity index (χ4n) is 4.75. The van der Waals surface area contributed by atoms with Gasteiger partial charge in [0, 0.05) is 36.2 Å². The van der Waals surface area contributed by atoms with E-state index in [1.807, 2.05) is 24.3 Å². The van der Waals surface area contributed by atoms with E-state index in [4.69, 9.17) is 4.74 Å². The van der Waals surface area contributed by atoms with E-state index in [-0.39, 0.29) is 5.91 Å². The summed E-state index contributed by atoms with van der Waals surface area (Å²) in [5.41, 5.74) is 2.09. The van der Waals surface area contributed by atoms with Crippen LogP contribution in [0.5, 0.6) is 11.5 Å². The first-order valence-electron chi connectivity index (χ1n) is 13.1. The molecule has 1 aliphatic heterocycles. The zero-order chi connectivity index (χ0) is 28.6. The van der Waals surface area contributed by atoms with Crippen molar-refractivity contribution < 1.29 is 23.5 Å². The number of fused-ring (bicyclic) bond motifs is 2. The first-order valence-corrected chi connectivity index (χ1v) is 13.1. The zero-order valence-electron chi connectivity index (χ0n) is 22.1. The van der Waals surface area contributed by atoms with E-state index in [1.54, 1.807) is 41.4 Å². The van der Waals surface area contributed by atoms with E-state index in [0.29, 0.717) is 53.8 Å². The number of nitrogens with zero attached hydrogens (tertiary/aromatic N) is 2. The van der Waals surface area contributed by atoms with E-state index >= 15 is 0 Å². The summed E-state index contributed by atoms with van der Waals surface area (Å²) in [5, 5.41) is 8.82. The molecule has 2 heterocycles. The number of carbonyl (C=O) groups is 3. The van der Waals surface area contributed by atoms with Crippen molar-refractivity contribution >= 4 is 46.3 Å². The number of pyridine rings is 1. The number of rotatable bonds is 6. The summed E-state index contributed by atoms with van der Waals surface area (Å²) in [4.78, 5) is 44.6. The van der Waals surface area contributed by atoms with Crippen molar-refractivity contribution in [3.8, 4) is 11.5 Å². The third-order valence-electron chi connectivity index (χ3n) is 7.20. The summed E-state index contributed by atoms with van der Waals surface area (Å²) in [6.45, 7) is 1.85. The summed E-state index contributed by atoms with van der Waals surface area (Å²) in [6, 6.07) is 21.5. The molecule has 0 atom stereocenters. The van der Waals surface area contributed by atoms with Gasteiger partial charge in [-0.3, -0.25) is 14.4 Å². The zero-order valence-corrected chi connectivity index (χ0v) is 22.1. The maximum Gasteiger partial charge on any atom is 0.240 e. The molecule has 3 amide bonds. The monoisotopic (exact) mass is 551 g/mol. The van der Waals surface area contributed by atoms with Crippen molar-refractivity contribution in [1.29, 1.82) is 0 Å². The molecule has 0 spiro atoms. The second kappa shape index (κ2) is 10.4. The van der Waals surface area contributed by atoms with Gasteiger partial charge in [-0.25, -0.2) is 9.37 Å². The minimum absolute atomic E-state index is 0.155. The Morgan fingerprint density at radius 2 is 1.54 bits per heavy atom. The van der Waals surface area contributed by atoms with Gasteiger partial charge in [0.15, 0.2) is 11.6 Å². The van der Waals surface area contributed by atoms with Crippen molar-refractivity contribution in [3.63, 3.8) is 0 Å². The van der Waals surface area contributed by atoms with E-state index in [0.717, 1.165) is 11.3 Å². The number of ether oxygens (including phenoxy) is 1. The van der Waals surface area contributed by atoms with Gasteiger partial charge in [0.05, 0.1) is 6.54 Å². The summed E-state index contributed by atoms with van der Waals surface area (Å²) in [5.74, 6) is 0.0255. The molecule has 2 aliphatic rings. The smallest absolute Gasteiger partial charge is 0.240 e. The van der Waals surface area contributed by atoms with Crippen LogP contribution >= 0.6 is 0 Å². The number of carbonyl (C=O) groups excluding carboxylic acids is 3. The van der Waals surface area contributed by atoms with Crippen LogP contribution in [0.3, 0.4) is 0 Å². The number of amides is 3. The molecular formula is C31H26FN5O4. The lowest BCUT2D eigenvalue weighted by Gasteiger charge is -2.23. The quantitative estimate of drug-likeness (QED) is 0.254. The summed E-state index contributed by atoms with van der Waals surface area (Å²) >= 11 is 0.